The van der Waals surface area contributed by atoms with Gasteiger partial charge in [0.15, 0.2) is 5.13 Å². The number of benzene rings is 3. The number of amides is 1. The molecule has 0 aliphatic heterocycles. The molecule has 0 fully saturated rings. The average molecular weight is 391 g/mol. The molecule has 0 bridgehead atoms. The number of rotatable bonds is 5. The first-order chi connectivity index (χ1) is 13.5. The van der Waals surface area contributed by atoms with Crippen molar-refractivity contribution in [1.82, 2.24) is 4.98 Å². The van der Waals surface area contributed by atoms with Crippen LogP contribution in [-0.4, -0.2) is 38.1 Å². The molecule has 1 amide bonds. The lowest BCUT2D eigenvalue weighted by Gasteiger charge is -2.21. The number of para-hydroxylation sites is 1. The van der Waals surface area contributed by atoms with E-state index in [1.807, 2.05) is 53.4 Å². The van der Waals surface area contributed by atoms with E-state index >= 15 is 0 Å². The summed E-state index contributed by atoms with van der Waals surface area (Å²) in [7, 11) is 4.20. The maximum atomic E-state index is 13.6. The smallest absolute Gasteiger partial charge is 0.260 e. The van der Waals surface area contributed by atoms with Crippen LogP contribution in [0.15, 0.2) is 60.7 Å². The number of quaternary nitrogens is 1. The van der Waals surface area contributed by atoms with Crippen LogP contribution in [-0.2, 0) is 0 Å². The Labute approximate surface area is 169 Å². The van der Waals surface area contributed by atoms with E-state index in [-0.39, 0.29) is 5.91 Å². The Bertz CT molecular complexity index is 1140. The number of anilines is 1. The van der Waals surface area contributed by atoms with Gasteiger partial charge in [-0.3, -0.25) is 9.69 Å². The molecule has 142 valence electrons. The van der Waals surface area contributed by atoms with Crippen molar-refractivity contribution in [2.45, 2.75) is 6.92 Å². The minimum Gasteiger partial charge on any atom is -0.338 e. The van der Waals surface area contributed by atoms with Crippen LogP contribution in [0.3, 0.4) is 0 Å². The Kier molecular flexibility index (Phi) is 5.11. The van der Waals surface area contributed by atoms with Crippen LogP contribution >= 0.6 is 11.3 Å². The third-order valence-corrected chi connectivity index (χ3v) is 5.98. The molecule has 28 heavy (non-hydrogen) atoms. The van der Waals surface area contributed by atoms with Crippen molar-refractivity contribution in [2.75, 3.05) is 32.1 Å². The number of fused-ring (bicyclic) bond motifs is 2. The van der Waals surface area contributed by atoms with E-state index in [9.17, 15) is 4.79 Å². The largest absolute Gasteiger partial charge is 0.338 e. The van der Waals surface area contributed by atoms with Crippen molar-refractivity contribution in [3.05, 3.63) is 71.8 Å². The van der Waals surface area contributed by atoms with Gasteiger partial charge in [0.05, 0.1) is 37.4 Å². The quantitative estimate of drug-likeness (QED) is 0.566. The van der Waals surface area contributed by atoms with Gasteiger partial charge < -0.3 is 4.90 Å². The molecule has 1 N–H and O–H groups in total. The van der Waals surface area contributed by atoms with Gasteiger partial charge in [-0.15, -0.1) is 0 Å². The number of likely N-dealkylation sites (N-methyl/N-ethyl adjacent to an activating group) is 1. The minimum absolute atomic E-state index is 0.00904. The van der Waals surface area contributed by atoms with Gasteiger partial charge in [0.1, 0.15) is 0 Å². The van der Waals surface area contributed by atoms with Gasteiger partial charge in [-0.2, -0.15) is 0 Å². The van der Waals surface area contributed by atoms with Crippen molar-refractivity contribution in [3.63, 3.8) is 0 Å². The van der Waals surface area contributed by atoms with E-state index in [4.69, 9.17) is 4.98 Å². The zero-order valence-corrected chi connectivity index (χ0v) is 17.2. The lowest BCUT2D eigenvalue weighted by Crippen LogP contribution is -3.06. The SMILES string of the molecule is Cc1cccc2sc(N(CC[NH+](C)C)C(=O)c3cccc4ccccc34)nc12. The van der Waals surface area contributed by atoms with E-state index in [2.05, 4.69) is 33.2 Å². The number of aromatic nitrogens is 1. The van der Waals surface area contributed by atoms with Crippen LogP contribution in [0, 0.1) is 6.92 Å². The standard InChI is InChI=1S/C23H23N3OS/c1-16-8-6-13-20-21(16)24-23(28-20)26(15-14-25(2)3)22(27)19-12-7-10-17-9-4-5-11-18(17)19/h4-13H,14-15H2,1-3H3/p+1. The molecule has 3 aromatic carbocycles. The third-order valence-electron chi connectivity index (χ3n) is 4.94. The second-order valence-electron chi connectivity index (χ2n) is 7.36. The predicted octanol–water partition coefficient (Wildman–Crippen LogP) is 3.55. The molecule has 1 heterocycles. The zero-order valence-electron chi connectivity index (χ0n) is 16.4. The van der Waals surface area contributed by atoms with E-state index in [1.165, 1.54) is 4.90 Å². The first kappa shape index (κ1) is 18.6. The van der Waals surface area contributed by atoms with Crippen LogP contribution < -0.4 is 9.80 Å². The van der Waals surface area contributed by atoms with Crippen LogP contribution in [0.5, 0.6) is 0 Å². The highest BCUT2D eigenvalue weighted by atomic mass is 32.1. The molecular formula is C23H24N3OS+. The zero-order chi connectivity index (χ0) is 19.7. The highest BCUT2D eigenvalue weighted by Crippen LogP contribution is 2.32. The van der Waals surface area contributed by atoms with E-state index < -0.39 is 0 Å². The summed E-state index contributed by atoms with van der Waals surface area (Å²) in [6, 6.07) is 20.1. The van der Waals surface area contributed by atoms with Crippen LogP contribution in [0.1, 0.15) is 15.9 Å². The number of aryl methyl sites for hydroxylation is 1. The van der Waals surface area contributed by atoms with Gasteiger partial charge in [0, 0.05) is 5.56 Å². The minimum atomic E-state index is 0.00904. The number of thiazole rings is 1. The van der Waals surface area contributed by atoms with E-state index in [0.29, 0.717) is 6.54 Å². The molecule has 0 atom stereocenters. The van der Waals surface area contributed by atoms with Gasteiger partial charge in [-0.05, 0) is 35.4 Å². The second kappa shape index (κ2) is 7.70. The van der Waals surface area contributed by atoms with Crippen LogP contribution in [0.4, 0.5) is 5.13 Å². The molecule has 0 radical (unpaired) electrons. The Balaban J connectivity index is 1.80. The highest BCUT2D eigenvalue weighted by Gasteiger charge is 2.23. The molecular weight excluding hydrogens is 366 g/mol. The molecule has 4 rings (SSSR count). The van der Waals surface area contributed by atoms with Crippen molar-refractivity contribution < 1.29 is 9.69 Å². The van der Waals surface area contributed by atoms with Gasteiger partial charge in [0.25, 0.3) is 5.91 Å². The van der Waals surface area contributed by atoms with Crippen molar-refractivity contribution >= 4 is 43.4 Å². The Hall–Kier alpha value is -2.76. The maximum absolute atomic E-state index is 13.6. The molecule has 0 saturated heterocycles. The third kappa shape index (κ3) is 3.51. The highest BCUT2D eigenvalue weighted by molar-refractivity contribution is 7.22. The van der Waals surface area contributed by atoms with Crippen LogP contribution in [0.25, 0.3) is 21.0 Å². The van der Waals surface area contributed by atoms with Crippen molar-refractivity contribution in [2.24, 2.45) is 0 Å². The normalized spacial score (nSPS) is 11.4. The van der Waals surface area contributed by atoms with E-state index in [0.717, 1.165) is 43.8 Å². The van der Waals surface area contributed by atoms with Gasteiger partial charge in [0.2, 0.25) is 0 Å². The summed E-state index contributed by atoms with van der Waals surface area (Å²) >= 11 is 1.58. The Morgan fingerprint density at radius 1 is 1.04 bits per heavy atom. The monoisotopic (exact) mass is 390 g/mol. The number of nitrogens with one attached hydrogen (secondary N) is 1. The number of nitrogens with zero attached hydrogens (tertiary/aromatic N) is 2. The number of hydrogen-bond acceptors (Lipinski definition) is 3. The molecule has 4 nitrogen and oxygen atoms in total. The fourth-order valence-corrected chi connectivity index (χ4v) is 4.43. The summed E-state index contributed by atoms with van der Waals surface area (Å²) in [5, 5.41) is 2.82. The Morgan fingerprint density at radius 3 is 2.57 bits per heavy atom. The van der Waals surface area contributed by atoms with Crippen molar-refractivity contribution in [3.8, 4) is 0 Å². The van der Waals surface area contributed by atoms with Crippen molar-refractivity contribution in [1.29, 1.82) is 0 Å². The summed E-state index contributed by atoms with van der Waals surface area (Å²) in [5.74, 6) is 0.00904. The summed E-state index contributed by atoms with van der Waals surface area (Å²) in [6.45, 7) is 3.54. The lowest BCUT2D eigenvalue weighted by molar-refractivity contribution is -0.856. The molecule has 0 aliphatic carbocycles. The summed E-state index contributed by atoms with van der Waals surface area (Å²) in [5.41, 5.74) is 2.84. The van der Waals surface area contributed by atoms with Gasteiger partial charge in [-0.1, -0.05) is 59.9 Å². The average Bonchev–Trinajstić information content (AvgIpc) is 3.12. The van der Waals surface area contributed by atoms with E-state index in [1.54, 1.807) is 11.3 Å². The van der Waals surface area contributed by atoms with Gasteiger partial charge >= 0.3 is 0 Å². The fraction of sp³-hybridized carbons (Fsp3) is 0.217. The van der Waals surface area contributed by atoms with Crippen LogP contribution in [0.2, 0.25) is 0 Å². The number of carbonyl (C=O) groups excluding carboxylic acids is 1. The molecule has 0 saturated carbocycles. The molecule has 1 aromatic heterocycles. The predicted molar refractivity (Wildman–Crippen MR) is 118 cm³/mol. The molecule has 0 spiro atoms. The molecule has 5 heteroatoms. The molecule has 0 aliphatic rings. The summed E-state index contributed by atoms with van der Waals surface area (Å²) in [6.07, 6.45) is 0. The number of carbonyl (C=O) groups is 1. The number of hydrogen-bond donors (Lipinski definition) is 1. The topological polar surface area (TPSA) is 37.6 Å². The first-order valence-electron chi connectivity index (χ1n) is 9.49. The summed E-state index contributed by atoms with van der Waals surface area (Å²) in [4.78, 5) is 21.6. The van der Waals surface area contributed by atoms with Gasteiger partial charge in [-0.25, -0.2) is 4.98 Å². The molecule has 4 aromatic rings. The lowest BCUT2D eigenvalue weighted by atomic mass is 10.0. The fourth-order valence-electron chi connectivity index (χ4n) is 3.37. The second-order valence-corrected chi connectivity index (χ2v) is 8.37. The first-order valence-corrected chi connectivity index (χ1v) is 10.3. The molecule has 0 unspecified atom stereocenters. The maximum Gasteiger partial charge on any atom is 0.260 e. The summed E-state index contributed by atoms with van der Waals surface area (Å²) < 4.78 is 1.11. The Morgan fingerprint density at radius 2 is 1.79 bits per heavy atom.